The van der Waals surface area contributed by atoms with Crippen LogP contribution in [-0.4, -0.2) is 12.6 Å². The van der Waals surface area contributed by atoms with Gasteiger partial charge in [0.15, 0.2) is 0 Å². The average Bonchev–Trinajstić information content (AvgIpc) is 2.95. The molecule has 1 N–H and O–H groups in total. The van der Waals surface area contributed by atoms with Crippen molar-refractivity contribution in [2.75, 3.05) is 6.54 Å². The van der Waals surface area contributed by atoms with Gasteiger partial charge in [-0.1, -0.05) is 33.6 Å². The highest BCUT2D eigenvalue weighted by molar-refractivity contribution is 4.93. The van der Waals surface area contributed by atoms with Crippen LogP contribution in [0.2, 0.25) is 0 Å². The Kier molecular flexibility index (Phi) is 3.39. The second kappa shape index (κ2) is 4.45. The quantitative estimate of drug-likeness (QED) is 0.746. The van der Waals surface area contributed by atoms with E-state index in [0.29, 0.717) is 5.41 Å². The van der Waals surface area contributed by atoms with Gasteiger partial charge in [-0.3, -0.25) is 0 Å². The summed E-state index contributed by atoms with van der Waals surface area (Å²) in [6.07, 6.45) is 8.65. The van der Waals surface area contributed by atoms with Gasteiger partial charge in [0, 0.05) is 12.6 Å². The van der Waals surface area contributed by atoms with Crippen molar-refractivity contribution in [1.82, 2.24) is 5.32 Å². The first-order valence-electron chi connectivity index (χ1n) is 6.84. The van der Waals surface area contributed by atoms with E-state index in [1.165, 1.54) is 45.1 Å². The molecule has 1 heteroatoms. The van der Waals surface area contributed by atoms with Crippen LogP contribution in [0, 0.1) is 17.3 Å². The van der Waals surface area contributed by atoms with Crippen LogP contribution >= 0.6 is 0 Å². The smallest absolute Gasteiger partial charge is 0.00979 e. The summed E-state index contributed by atoms with van der Waals surface area (Å²) in [4.78, 5) is 0. The molecule has 2 saturated carbocycles. The Hall–Kier alpha value is -0.0400. The van der Waals surface area contributed by atoms with Crippen molar-refractivity contribution < 1.29 is 0 Å². The molecule has 0 aromatic rings. The summed E-state index contributed by atoms with van der Waals surface area (Å²) < 4.78 is 0. The van der Waals surface area contributed by atoms with Crippen molar-refractivity contribution >= 4 is 0 Å². The summed E-state index contributed by atoms with van der Waals surface area (Å²) in [7, 11) is 0. The lowest BCUT2D eigenvalue weighted by molar-refractivity contribution is 0.199. The summed E-state index contributed by atoms with van der Waals surface area (Å²) in [5.74, 6) is 1.79. The molecule has 0 spiro atoms. The maximum absolute atomic E-state index is 3.86. The van der Waals surface area contributed by atoms with E-state index in [0.717, 1.165) is 17.9 Å². The molecular weight excluding hydrogens is 182 g/mol. The van der Waals surface area contributed by atoms with Crippen LogP contribution in [-0.2, 0) is 0 Å². The summed E-state index contributed by atoms with van der Waals surface area (Å²) in [6.45, 7) is 8.47. The van der Waals surface area contributed by atoms with Gasteiger partial charge in [0.2, 0.25) is 0 Å². The van der Waals surface area contributed by atoms with E-state index in [1.54, 1.807) is 0 Å². The Morgan fingerprint density at radius 3 is 2.47 bits per heavy atom. The largest absolute Gasteiger partial charge is 0.313 e. The molecule has 2 fully saturated rings. The minimum Gasteiger partial charge on any atom is -0.313 e. The van der Waals surface area contributed by atoms with Gasteiger partial charge >= 0.3 is 0 Å². The Morgan fingerprint density at radius 1 is 1.20 bits per heavy atom. The van der Waals surface area contributed by atoms with E-state index in [9.17, 15) is 0 Å². The number of hydrogen-bond donors (Lipinski definition) is 1. The Bertz CT molecular complexity index is 205. The molecule has 2 rings (SSSR count). The van der Waals surface area contributed by atoms with Crippen LogP contribution < -0.4 is 5.32 Å². The molecule has 0 aromatic carbocycles. The summed E-state index contributed by atoms with van der Waals surface area (Å²) >= 11 is 0. The van der Waals surface area contributed by atoms with E-state index in [4.69, 9.17) is 0 Å². The maximum Gasteiger partial charge on any atom is 0.00979 e. The highest BCUT2D eigenvalue weighted by Gasteiger charge is 2.38. The highest BCUT2D eigenvalue weighted by Crippen LogP contribution is 2.44. The van der Waals surface area contributed by atoms with Crippen LogP contribution in [0.5, 0.6) is 0 Å². The predicted molar refractivity (Wildman–Crippen MR) is 65.9 cm³/mol. The molecular formula is C14H27N. The lowest BCUT2D eigenvalue weighted by atomic mass is 9.77. The SMILES string of the molecule is CC(C)C1CCCCC1NCC1(C)CC1. The first kappa shape index (κ1) is 11.4. The van der Waals surface area contributed by atoms with E-state index in [-0.39, 0.29) is 0 Å². The van der Waals surface area contributed by atoms with Crippen molar-refractivity contribution in [3.05, 3.63) is 0 Å². The molecule has 2 atom stereocenters. The zero-order chi connectivity index (χ0) is 10.9. The Morgan fingerprint density at radius 2 is 1.87 bits per heavy atom. The van der Waals surface area contributed by atoms with Crippen molar-refractivity contribution in [3.63, 3.8) is 0 Å². The highest BCUT2D eigenvalue weighted by atomic mass is 14.9. The molecule has 0 bridgehead atoms. The average molecular weight is 209 g/mol. The van der Waals surface area contributed by atoms with E-state index < -0.39 is 0 Å². The zero-order valence-corrected chi connectivity index (χ0v) is 10.7. The van der Waals surface area contributed by atoms with Crippen LogP contribution in [0.25, 0.3) is 0 Å². The third-order valence-corrected chi connectivity index (χ3v) is 4.57. The molecule has 15 heavy (non-hydrogen) atoms. The van der Waals surface area contributed by atoms with Gasteiger partial charge in [-0.05, 0) is 42.9 Å². The third-order valence-electron chi connectivity index (χ3n) is 4.57. The summed E-state index contributed by atoms with van der Waals surface area (Å²) in [5, 5.41) is 3.86. The van der Waals surface area contributed by atoms with Crippen LogP contribution in [0.15, 0.2) is 0 Å². The van der Waals surface area contributed by atoms with Crippen LogP contribution in [0.3, 0.4) is 0 Å². The molecule has 2 aliphatic carbocycles. The maximum atomic E-state index is 3.86. The van der Waals surface area contributed by atoms with E-state index >= 15 is 0 Å². The molecule has 0 amide bonds. The fourth-order valence-corrected chi connectivity index (χ4v) is 2.98. The van der Waals surface area contributed by atoms with Gasteiger partial charge in [-0.25, -0.2) is 0 Å². The lowest BCUT2D eigenvalue weighted by Crippen LogP contribution is -2.42. The second-order valence-electron chi connectivity index (χ2n) is 6.49. The number of rotatable bonds is 4. The minimum absolute atomic E-state index is 0.666. The molecule has 0 saturated heterocycles. The molecule has 0 aliphatic heterocycles. The summed E-state index contributed by atoms with van der Waals surface area (Å²) in [6, 6.07) is 0.816. The first-order chi connectivity index (χ1) is 7.11. The fourth-order valence-electron chi connectivity index (χ4n) is 2.98. The van der Waals surface area contributed by atoms with E-state index in [1.807, 2.05) is 0 Å². The molecule has 1 nitrogen and oxygen atoms in total. The normalized spacial score (nSPS) is 34.4. The Labute approximate surface area is 95.0 Å². The second-order valence-corrected chi connectivity index (χ2v) is 6.49. The minimum atomic E-state index is 0.666. The van der Waals surface area contributed by atoms with Gasteiger partial charge in [0.05, 0.1) is 0 Å². The molecule has 0 heterocycles. The topological polar surface area (TPSA) is 12.0 Å². The standard InChI is InChI=1S/C14H27N/c1-11(2)12-6-4-5-7-13(12)15-10-14(3)8-9-14/h11-13,15H,4-10H2,1-3H3. The monoisotopic (exact) mass is 209 g/mol. The summed E-state index contributed by atoms with van der Waals surface area (Å²) in [5.41, 5.74) is 0.666. The van der Waals surface area contributed by atoms with Crippen molar-refractivity contribution in [2.45, 2.75) is 65.3 Å². The number of hydrogen-bond acceptors (Lipinski definition) is 1. The molecule has 0 radical (unpaired) electrons. The van der Waals surface area contributed by atoms with Gasteiger partial charge in [-0.15, -0.1) is 0 Å². The fraction of sp³-hybridized carbons (Fsp3) is 1.00. The molecule has 88 valence electrons. The lowest BCUT2D eigenvalue weighted by Gasteiger charge is -2.35. The predicted octanol–water partition coefficient (Wildman–Crippen LogP) is 3.59. The van der Waals surface area contributed by atoms with Crippen molar-refractivity contribution in [2.24, 2.45) is 17.3 Å². The third kappa shape index (κ3) is 2.96. The molecule has 2 aliphatic rings. The molecule has 0 aromatic heterocycles. The van der Waals surface area contributed by atoms with Crippen LogP contribution in [0.1, 0.15) is 59.3 Å². The first-order valence-corrected chi connectivity index (χ1v) is 6.84. The Balaban J connectivity index is 1.81. The van der Waals surface area contributed by atoms with Crippen molar-refractivity contribution in [1.29, 1.82) is 0 Å². The van der Waals surface area contributed by atoms with Crippen LogP contribution in [0.4, 0.5) is 0 Å². The van der Waals surface area contributed by atoms with Crippen molar-refractivity contribution in [3.8, 4) is 0 Å². The van der Waals surface area contributed by atoms with Gasteiger partial charge in [-0.2, -0.15) is 0 Å². The van der Waals surface area contributed by atoms with Gasteiger partial charge in [0.25, 0.3) is 0 Å². The van der Waals surface area contributed by atoms with E-state index in [2.05, 4.69) is 26.1 Å². The molecule has 2 unspecified atom stereocenters. The zero-order valence-electron chi connectivity index (χ0n) is 10.7. The van der Waals surface area contributed by atoms with Gasteiger partial charge < -0.3 is 5.32 Å². The number of nitrogens with one attached hydrogen (secondary N) is 1. The van der Waals surface area contributed by atoms with Gasteiger partial charge in [0.1, 0.15) is 0 Å².